The highest BCUT2D eigenvalue weighted by Gasteiger charge is 2.23. The van der Waals surface area contributed by atoms with Crippen molar-refractivity contribution in [2.75, 3.05) is 51.4 Å². The summed E-state index contributed by atoms with van der Waals surface area (Å²) in [6.07, 6.45) is 0.717. The van der Waals surface area contributed by atoms with E-state index < -0.39 is 11.6 Å². The topological polar surface area (TPSA) is 54.9 Å². The quantitative estimate of drug-likeness (QED) is 0.549. The molecular weight excluding hydrogens is 424 g/mol. The molecule has 2 heterocycles. The molecule has 0 spiro atoms. The van der Waals surface area contributed by atoms with Gasteiger partial charge in [0.15, 0.2) is 10.9 Å². The predicted octanol–water partition coefficient (Wildman–Crippen LogP) is 3.95. The maximum atomic E-state index is 14.2. The number of carbonyl (C=O) groups excluding carboxylic acids is 1. The number of fused-ring (bicyclic) bond motifs is 1. The summed E-state index contributed by atoms with van der Waals surface area (Å²) in [5.74, 6) is -0.999. The van der Waals surface area contributed by atoms with E-state index >= 15 is 0 Å². The van der Waals surface area contributed by atoms with E-state index in [2.05, 4.69) is 9.88 Å². The molecule has 0 radical (unpaired) electrons. The first-order valence-electron chi connectivity index (χ1n) is 10.1. The Morgan fingerprint density at radius 1 is 1.23 bits per heavy atom. The number of hydrogen-bond donors (Lipinski definition) is 0. The first-order valence-corrected chi connectivity index (χ1v) is 10.9. The van der Waals surface area contributed by atoms with Gasteiger partial charge in [0.2, 0.25) is 0 Å². The number of carbonyl (C=O) groups is 1. The van der Waals surface area contributed by atoms with Crippen LogP contribution in [0.1, 0.15) is 16.8 Å². The Morgan fingerprint density at radius 3 is 2.68 bits per heavy atom. The third kappa shape index (κ3) is 5.00. The van der Waals surface area contributed by atoms with Gasteiger partial charge in [0.25, 0.3) is 5.91 Å². The Labute approximate surface area is 183 Å². The van der Waals surface area contributed by atoms with Gasteiger partial charge in [-0.15, -0.1) is 0 Å². The average Bonchev–Trinajstić information content (AvgIpc) is 3.21. The number of nitrogens with zero attached hydrogens (tertiary/aromatic N) is 3. The molecule has 0 saturated carbocycles. The minimum atomic E-state index is -0.734. The normalized spacial score (nSPS) is 14.7. The van der Waals surface area contributed by atoms with Gasteiger partial charge in [-0.3, -0.25) is 14.6 Å². The molecule has 4 rings (SSSR count). The third-order valence-electron chi connectivity index (χ3n) is 5.17. The lowest BCUT2D eigenvalue weighted by Gasteiger charge is -2.27. The van der Waals surface area contributed by atoms with Crippen LogP contribution in [0.5, 0.6) is 5.75 Å². The average molecular weight is 448 g/mol. The van der Waals surface area contributed by atoms with Crippen LogP contribution in [0.3, 0.4) is 0 Å². The summed E-state index contributed by atoms with van der Waals surface area (Å²) in [5.41, 5.74) is 0.542. The van der Waals surface area contributed by atoms with Gasteiger partial charge in [-0.1, -0.05) is 11.3 Å². The number of thiazole rings is 1. The molecule has 1 aliphatic heterocycles. The molecule has 2 aromatic carbocycles. The summed E-state index contributed by atoms with van der Waals surface area (Å²) in [4.78, 5) is 21.5. The van der Waals surface area contributed by atoms with Gasteiger partial charge in [0, 0.05) is 37.8 Å². The standard InChI is InChI=1S/C22H23F2N3O3S/c1-29-17-5-3-15(4-6-17)21(28)27(8-2-7-26-9-11-30-12-10-26)22-25-20-18(24)13-16(23)14-19(20)31-22/h3-6,13-14H,2,7-12H2,1H3. The van der Waals surface area contributed by atoms with E-state index in [9.17, 15) is 13.6 Å². The van der Waals surface area contributed by atoms with Gasteiger partial charge >= 0.3 is 0 Å². The molecule has 6 nitrogen and oxygen atoms in total. The summed E-state index contributed by atoms with van der Waals surface area (Å²) >= 11 is 1.11. The van der Waals surface area contributed by atoms with Gasteiger partial charge in [-0.25, -0.2) is 13.8 Å². The van der Waals surface area contributed by atoms with Crippen LogP contribution in [0.4, 0.5) is 13.9 Å². The second-order valence-electron chi connectivity index (χ2n) is 7.22. The number of ether oxygens (including phenoxy) is 2. The van der Waals surface area contributed by atoms with Crippen LogP contribution in [0.2, 0.25) is 0 Å². The fourth-order valence-electron chi connectivity index (χ4n) is 3.51. The predicted molar refractivity (Wildman–Crippen MR) is 116 cm³/mol. The SMILES string of the molecule is COc1ccc(C(=O)N(CCCN2CCOCC2)c2nc3c(F)cc(F)cc3s2)cc1. The van der Waals surface area contributed by atoms with Crippen LogP contribution in [0.25, 0.3) is 10.2 Å². The van der Waals surface area contributed by atoms with E-state index in [0.29, 0.717) is 47.3 Å². The van der Waals surface area contributed by atoms with Gasteiger partial charge in [0.1, 0.15) is 17.1 Å². The Bertz CT molecular complexity index is 1050. The fourth-order valence-corrected chi connectivity index (χ4v) is 4.54. The van der Waals surface area contributed by atoms with Crippen molar-refractivity contribution in [1.29, 1.82) is 0 Å². The number of aromatic nitrogens is 1. The highest BCUT2D eigenvalue weighted by molar-refractivity contribution is 7.22. The molecule has 0 unspecified atom stereocenters. The van der Waals surface area contributed by atoms with Gasteiger partial charge < -0.3 is 9.47 Å². The molecule has 0 N–H and O–H groups in total. The number of hydrogen-bond acceptors (Lipinski definition) is 6. The number of rotatable bonds is 7. The molecule has 1 saturated heterocycles. The number of anilines is 1. The van der Waals surface area contributed by atoms with Crippen LogP contribution in [-0.4, -0.2) is 62.3 Å². The first kappa shape index (κ1) is 21.6. The van der Waals surface area contributed by atoms with Gasteiger partial charge in [-0.2, -0.15) is 0 Å². The maximum Gasteiger partial charge on any atom is 0.260 e. The van der Waals surface area contributed by atoms with Crippen molar-refractivity contribution in [3.8, 4) is 5.75 Å². The van der Waals surface area contributed by atoms with Crippen LogP contribution in [-0.2, 0) is 4.74 Å². The molecule has 0 bridgehead atoms. The molecule has 164 valence electrons. The number of halogens is 2. The molecule has 0 atom stereocenters. The Hall–Kier alpha value is -2.62. The minimum Gasteiger partial charge on any atom is -0.497 e. The maximum absolute atomic E-state index is 14.2. The lowest BCUT2D eigenvalue weighted by molar-refractivity contribution is 0.0376. The molecule has 31 heavy (non-hydrogen) atoms. The third-order valence-corrected chi connectivity index (χ3v) is 6.20. The van der Waals surface area contributed by atoms with Crippen molar-refractivity contribution in [1.82, 2.24) is 9.88 Å². The van der Waals surface area contributed by atoms with Crippen molar-refractivity contribution < 1.29 is 23.0 Å². The zero-order valence-corrected chi connectivity index (χ0v) is 18.0. The van der Waals surface area contributed by atoms with E-state index in [0.717, 1.165) is 37.0 Å². The molecule has 9 heteroatoms. The van der Waals surface area contributed by atoms with Crippen LogP contribution in [0.15, 0.2) is 36.4 Å². The van der Waals surface area contributed by atoms with Crippen LogP contribution in [0, 0.1) is 11.6 Å². The fraction of sp³-hybridized carbons (Fsp3) is 0.364. The molecule has 1 aliphatic rings. The van der Waals surface area contributed by atoms with Gasteiger partial charge in [-0.05, 0) is 36.8 Å². The smallest absolute Gasteiger partial charge is 0.260 e. The van der Waals surface area contributed by atoms with E-state index in [-0.39, 0.29) is 11.4 Å². The Kier molecular flexibility index (Phi) is 6.74. The van der Waals surface area contributed by atoms with Crippen molar-refractivity contribution in [2.45, 2.75) is 6.42 Å². The first-order chi connectivity index (χ1) is 15.0. The second kappa shape index (κ2) is 9.67. The highest BCUT2D eigenvalue weighted by Crippen LogP contribution is 2.32. The zero-order valence-electron chi connectivity index (χ0n) is 17.1. The summed E-state index contributed by atoms with van der Waals surface area (Å²) < 4.78 is 38.7. The minimum absolute atomic E-state index is 0.0714. The zero-order chi connectivity index (χ0) is 21.8. The van der Waals surface area contributed by atoms with Gasteiger partial charge in [0.05, 0.1) is 25.0 Å². The monoisotopic (exact) mass is 447 g/mol. The highest BCUT2D eigenvalue weighted by atomic mass is 32.1. The van der Waals surface area contributed by atoms with E-state index in [1.54, 1.807) is 36.3 Å². The van der Waals surface area contributed by atoms with E-state index in [1.165, 1.54) is 6.07 Å². The lowest BCUT2D eigenvalue weighted by atomic mass is 10.2. The summed E-state index contributed by atoms with van der Waals surface area (Å²) in [6.45, 7) is 4.35. The van der Waals surface area contributed by atoms with E-state index in [4.69, 9.17) is 9.47 Å². The Balaban J connectivity index is 1.59. The molecular formula is C22H23F2N3O3S. The largest absolute Gasteiger partial charge is 0.497 e. The lowest BCUT2D eigenvalue weighted by Crippen LogP contribution is -2.39. The summed E-state index contributed by atoms with van der Waals surface area (Å²) in [5, 5.41) is 0.349. The molecule has 3 aromatic rings. The van der Waals surface area contributed by atoms with Crippen molar-refractivity contribution in [2.24, 2.45) is 0 Å². The van der Waals surface area contributed by atoms with Crippen LogP contribution < -0.4 is 9.64 Å². The molecule has 1 amide bonds. The number of morpholine rings is 1. The second-order valence-corrected chi connectivity index (χ2v) is 8.23. The Morgan fingerprint density at radius 2 is 1.97 bits per heavy atom. The van der Waals surface area contributed by atoms with Crippen molar-refractivity contribution >= 4 is 32.6 Å². The van der Waals surface area contributed by atoms with Crippen molar-refractivity contribution in [3.05, 3.63) is 53.6 Å². The molecule has 0 aliphatic carbocycles. The van der Waals surface area contributed by atoms with Crippen molar-refractivity contribution in [3.63, 3.8) is 0 Å². The number of benzene rings is 2. The number of methoxy groups -OCH3 is 1. The summed E-state index contributed by atoms with van der Waals surface area (Å²) in [6, 6.07) is 8.84. The van der Waals surface area contributed by atoms with Crippen LogP contribution >= 0.6 is 11.3 Å². The number of amides is 1. The summed E-state index contributed by atoms with van der Waals surface area (Å²) in [7, 11) is 1.56. The molecule has 1 aromatic heterocycles. The van der Waals surface area contributed by atoms with E-state index in [1.807, 2.05) is 0 Å². The molecule has 1 fully saturated rings.